The molecule has 3 nitrogen and oxygen atoms in total. The molecule has 1 aliphatic heterocycles. The number of nitrogens with zero attached hydrogens (tertiary/aromatic N) is 1. The molecule has 0 N–H and O–H groups in total. The topological polar surface area (TPSA) is 37.4 Å². The van der Waals surface area contributed by atoms with Crippen LogP contribution in [0.25, 0.3) is 0 Å². The Labute approximate surface area is 59.7 Å². The standard InChI is InChI=1S/C4H4BrNO2.FH/c5-6-3(7)1-2-4(6)8;/h1-2H2;1H. The van der Waals surface area contributed by atoms with Crippen molar-refractivity contribution < 1.29 is 14.3 Å². The molecule has 0 unspecified atom stereocenters. The molecule has 0 atom stereocenters. The maximum Gasteiger partial charge on any atom is 0.239 e. The third kappa shape index (κ3) is 1.48. The van der Waals surface area contributed by atoms with Crippen LogP contribution >= 0.6 is 16.1 Å². The van der Waals surface area contributed by atoms with Gasteiger partial charge in [0.15, 0.2) is 0 Å². The Kier molecular flexibility index (Phi) is 2.76. The lowest BCUT2D eigenvalue weighted by atomic mass is 10.4. The van der Waals surface area contributed by atoms with Crippen molar-refractivity contribution in [2.24, 2.45) is 0 Å². The Hall–Kier alpha value is -0.450. The van der Waals surface area contributed by atoms with Crippen molar-refractivity contribution in [1.82, 2.24) is 3.93 Å². The largest absolute Gasteiger partial charge is 0.274 e. The van der Waals surface area contributed by atoms with Crippen LogP contribution in [0, 0.1) is 0 Å². The molecule has 0 saturated carbocycles. The van der Waals surface area contributed by atoms with E-state index in [0.29, 0.717) is 12.8 Å². The van der Waals surface area contributed by atoms with E-state index >= 15 is 0 Å². The van der Waals surface area contributed by atoms with Crippen molar-refractivity contribution >= 4 is 28.0 Å². The van der Waals surface area contributed by atoms with Gasteiger partial charge >= 0.3 is 0 Å². The van der Waals surface area contributed by atoms with E-state index < -0.39 is 0 Å². The zero-order valence-corrected chi connectivity index (χ0v) is 6.05. The fourth-order valence-electron chi connectivity index (χ4n) is 0.549. The van der Waals surface area contributed by atoms with Gasteiger partial charge in [0, 0.05) is 12.8 Å². The lowest BCUT2D eigenvalue weighted by Gasteiger charge is -1.97. The van der Waals surface area contributed by atoms with E-state index in [1.165, 1.54) is 0 Å². The van der Waals surface area contributed by atoms with E-state index in [0.717, 1.165) is 3.93 Å². The van der Waals surface area contributed by atoms with Gasteiger partial charge in [-0.25, -0.2) is 3.93 Å². The highest BCUT2D eigenvalue weighted by atomic mass is 79.9. The number of halogens is 2. The van der Waals surface area contributed by atoms with E-state index in [4.69, 9.17) is 0 Å². The van der Waals surface area contributed by atoms with Crippen LogP contribution in [-0.2, 0) is 9.59 Å². The number of imide groups is 1. The van der Waals surface area contributed by atoms with Gasteiger partial charge in [0.1, 0.15) is 0 Å². The summed E-state index contributed by atoms with van der Waals surface area (Å²) in [5.74, 6) is -0.287. The molecule has 0 aliphatic carbocycles. The summed E-state index contributed by atoms with van der Waals surface area (Å²) in [7, 11) is 0. The first-order valence-electron chi connectivity index (χ1n) is 2.23. The number of carbonyl (C=O) groups is 2. The minimum Gasteiger partial charge on any atom is -0.274 e. The van der Waals surface area contributed by atoms with Crippen molar-refractivity contribution in [1.29, 1.82) is 0 Å². The summed E-state index contributed by atoms with van der Waals surface area (Å²) in [5.41, 5.74) is 0. The summed E-state index contributed by atoms with van der Waals surface area (Å²) in [5, 5.41) is 0. The molecular weight excluding hydrogens is 193 g/mol. The zero-order valence-electron chi connectivity index (χ0n) is 4.46. The SMILES string of the molecule is F.O=C1CCC(=O)N1Br. The Morgan fingerprint density at radius 1 is 1.22 bits per heavy atom. The molecule has 1 aliphatic rings. The predicted octanol–water partition coefficient (Wildman–Crippen LogP) is 0.598. The van der Waals surface area contributed by atoms with Gasteiger partial charge in [-0.1, -0.05) is 0 Å². The van der Waals surface area contributed by atoms with E-state index in [9.17, 15) is 9.59 Å². The van der Waals surface area contributed by atoms with Gasteiger partial charge in [-0.3, -0.25) is 14.3 Å². The van der Waals surface area contributed by atoms with Crippen molar-refractivity contribution in [3.05, 3.63) is 0 Å². The van der Waals surface area contributed by atoms with E-state index in [1.54, 1.807) is 0 Å². The molecule has 0 radical (unpaired) electrons. The number of hydrogen-bond donors (Lipinski definition) is 0. The second kappa shape index (κ2) is 2.91. The Morgan fingerprint density at radius 2 is 1.56 bits per heavy atom. The molecule has 1 fully saturated rings. The number of amides is 2. The summed E-state index contributed by atoms with van der Waals surface area (Å²) < 4.78 is 0.979. The van der Waals surface area contributed by atoms with Crippen LogP contribution in [0.1, 0.15) is 12.8 Å². The van der Waals surface area contributed by atoms with Gasteiger partial charge in [-0.05, 0) is 0 Å². The van der Waals surface area contributed by atoms with Gasteiger partial charge in [-0.15, -0.1) is 0 Å². The van der Waals surface area contributed by atoms with Gasteiger partial charge in [0.05, 0.1) is 16.1 Å². The first kappa shape index (κ1) is 8.55. The number of rotatable bonds is 0. The monoisotopic (exact) mass is 197 g/mol. The molecule has 0 bridgehead atoms. The molecule has 0 aromatic heterocycles. The summed E-state index contributed by atoms with van der Waals surface area (Å²) in [4.78, 5) is 20.9. The van der Waals surface area contributed by atoms with Crippen LogP contribution in [0.15, 0.2) is 0 Å². The van der Waals surface area contributed by atoms with Crippen LogP contribution in [0.4, 0.5) is 4.70 Å². The molecule has 2 amide bonds. The summed E-state index contributed by atoms with van der Waals surface area (Å²) in [6.07, 6.45) is 0.703. The normalized spacial score (nSPS) is 18.1. The average Bonchev–Trinajstić information content (AvgIpc) is 1.98. The fourth-order valence-corrected chi connectivity index (χ4v) is 0.904. The first-order chi connectivity index (χ1) is 3.72. The summed E-state index contributed by atoms with van der Waals surface area (Å²) in [6.45, 7) is 0. The molecule has 0 aromatic carbocycles. The van der Waals surface area contributed by atoms with E-state index in [1.807, 2.05) is 0 Å². The molecule has 9 heavy (non-hydrogen) atoms. The third-order valence-electron chi connectivity index (χ3n) is 0.991. The molecule has 0 spiro atoms. The van der Waals surface area contributed by atoms with Gasteiger partial charge in [0.25, 0.3) is 0 Å². The number of carbonyl (C=O) groups excluding carboxylic acids is 2. The number of hydrogen-bond acceptors (Lipinski definition) is 2. The van der Waals surface area contributed by atoms with Crippen molar-refractivity contribution in [2.45, 2.75) is 12.8 Å². The molecule has 52 valence electrons. The maximum absolute atomic E-state index is 10.4. The maximum atomic E-state index is 10.4. The molecular formula is C4H5BrFNO2. The van der Waals surface area contributed by atoms with Crippen molar-refractivity contribution in [2.75, 3.05) is 0 Å². The Morgan fingerprint density at radius 3 is 1.67 bits per heavy atom. The fraction of sp³-hybridized carbons (Fsp3) is 0.500. The Bertz CT molecular complexity index is 134. The predicted molar refractivity (Wildman–Crippen MR) is 32.5 cm³/mol. The second-order valence-corrected chi connectivity index (χ2v) is 2.28. The van der Waals surface area contributed by atoms with Crippen LogP contribution in [0.3, 0.4) is 0 Å². The lowest BCUT2D eigenvalue weighted by molar-refractivity contribution is -0.131. The minimum absolute atomic E-state index is 0. The van der Waals surface area contributed by atoms with Crippen LogP contribution < -0.4 is 0 Å². The Balaban J connectivity index is 0.000000640. The average molecular weight is 198 g/mol. The smallest absolute Gasteiger partial charge is 0.239 e. The molecule has 1 rings (SSSR count). The summed E-state index contributed by atoms with van der Waals surface area (Å²) in [6, 6.07) is 0. The van der Waals surface area contributed by atoms with Crippen LogP contribution in [-0.4, -0.2) is 15.7 Å². The molecule has 5 heteroatoms. The van der Waals surface area contributed by atoms with Gasteiger partial charge in [-0.2, -0.15) is 0 Å². The first-order valence-corrected chi connectivity index (χ1v) is 2.94. The van der Waals surface area contributed by atoms with Crippen LogP contribution in [0.5, 0.6) is 0 Å². The quantitative estimate of drug-likeness (QED) is 0.422. The van der Waals surface area contributed by atoms with E-state index in [-0.39, 0.29) is 16.5 Å². The van der Waals surface area contributed by atoms with Gasteiger partial charge in [0.2, 0.25) is 11.8 Å². The zero-order chi connectivity index (χ0) is 6.15. The van der Waals surface area contributed by atoms with Gasteiger partial charge < -0.3 is 0 Å². The lowest BCUT2D eigenvalue weighted by Crippen LogP contribution is -2.16. The third-order valence-corrected chi connectivity index (χ3v) is 1.78. The minimum atomic E-state index is -0.144. The molecule has 1 heterocycles. The van der Waals surface area contributed by atoms with Crippen molar-refractivity contribution in [3.63, 3.8) is 0 Å². The van der Waals surface area contributed by atoms with Crippen LogP contribution in [0.2, 0.25) is 0 Å². The highest BCUT2D eigenvalue weighted by molar-refractivity contribution is 9.08. The van der Waals surface area contributed by atoms with Crippen molar-refractivity contribution in [3.8, 4) is 0 Å². The molecule has 0 aromatic rings. The highest BCUT2D eigenvalue weighted by Crippen LogP contribution is 2.14. The molecule has 1 saturated heterocycles. The highest BCUT2D eigenvalue weighted by Gasteiger charge is 2.26. The summed E-state index contributed by atoms with van der Waals surface area (Å²) >= 11 is 2.80. The second-order valence-electron chi connectivity index (χ2n) is 1.57. The van der Waals surface area contributed by atoms with E-state index in [2.05, 4.69) is 16.1 Å².